The average Bonchev–Trinajstić information content (AvgIpc) is 2.10. The minimum absolute atomic E-state index is 0.0110. The second kappa shape index (κ2) is 6.89. The standard InChI is InChI=1S/C10H18O2/c1-4-5-6-7-8-9(2)10(11)12-3/h6-7,9H,4-5,8H2,1-3H3. The molecular formula is C10H18O2. The molecule has 0 spiro atoms. The predicted octanol–water partition coefficient (Wildman–Crippen LogP) is 2.54. The quantitative estimate of drug-likeness (QED) is 0.468. The molecular weight excluding hydrogens is 152 g/mol. The van der Waals surface area contributed by atoms with Crippen LogP contribution in [-0.4, -0.2) is 13.1 Å². The molecule has 0 aromatic carbocycles. The first kappa shape index (κ1) is 11.2. The highest BCUT2D eigenvalue weighted by atomic mass is 16.5. The Morgan fingerprint density at radius 2 is 2.17 bits per heavy atom. The molecule has 0 bridgehead atoms. The van der Waals surface area contributed by atoms with Gasteiger partial charge in [-0.15, -0.1) is 0 Å². The molecule has 1 unspecified atom stereocenters. The Bertz CT molecular complexity index is 150. The minimum Gasteiger partial charge on any atom is -0.469 e. The van der Waals surface area contributed by atoms with Gasteiger partial charge in [-0.05, 0) is 12.8 Å². The lowest BCUT2D eigenvalue weighted by atomic mass is 10.1. The highest BCUT2D eigenvalue weighted by molar-refractivity contribution is 5.71. The summed E-state index contributed by atoms with van der Waals surface area (Å²) in [4.78, 5) is 10.9. The SMILES string of the molecule is CCCC=CCC(C)C(=O)OC. The fourth-order valence-corrected chi connectivity index (χ4v) is 0.882. The van der Waals surface area contributed by atoms with Crippen LogP contribution in [0.15, 0.2) is 12.2 Å². The van der Waals surface area contributed by atoms with Gasteiger partial charge >= 0.3 is 5.97 Å². The molecule has 0 aromatic heterocycles. The zero-order valence-corrected chi connectivity index (χ0v) is 8.17. The van der Waals surface area contributed by atoms with Crippen LogP contribution in [0, 0.1) is 5.92 Å². The van der Waals surface area contributed by atoms with E-state index in [0.717, 1.165) is 19.3 Å². The first-order valence-corrected chi connectivity index (χ1v) is 4.45. The number of unbranched alkanes of at least 4 members (excludes halogenated alkanes) is 1. The molecule has 0 saturated carbocycles. The van der Waals surface area contributed by atoms with Gasteiger partial charge in [0, 0.05) is 0 Å². The summed E-state index contributed by atoms with van der Waals surface area (Å²) >= 11 is 0. The van der Waals surface area contributed by atoms with E-state index in [1.54, 1.807) is 0 Å². The van der Waals surface area contributed by atoms with Crippen molar-refractivity contribution in [3.8, 4) is 0 Å². The molecule has 0 radical (unpaired) electrons. The molecule has 70 valence electrons. The zero-order chi connectivity index (χ0) is 9.40. The lowest BCUT2D eigenvalue weighted by molar-refractivity contribution is -0.144. The summed E-state index contributed by atoms with van der Waals surface area (Å²) < 4.78 is 4.60. The third-order valence-electron chi connectivity index (χ3n) is 1.72. The van der Waals surface area contributed by atoms with E-state index in [-0.39, 0.29) is 11.9 Å². The van der Waals surface area contributed by atoms with Crippen molar-refractivity contribution >= 4 is 5.97 Å². The number of carbonyl (C=O) groups excluding carboxylic acids is 1. The molecule has 0 aliphatic rings. The van der Waals surface area contributed by atoms with E-state index in [4.69, 9.17) is 0 Å². The van der Waals surface area contributed by atoms with Crippen molar-refractivity contribution in [3.63, 3.8) is 0 Å². The summed E-state index contributed by atoms with van der Waals surface area (Å²) in [6.45, 7) is 4.01. The number of hydrogen-bond acceptors (Lipinski definition) is 2. The normalized spacial score (nSPS) is 13.2. The third-order valence-corrected chi connectivity index (χ3v) is 1.72. The van der Waals surface area contributed by atoms with Crippen LogP contribution in [-0.2, 0) is 9.53 Å². The number of hydrogen-bond donors (Lipinski definition) is 0. The van der Waals surface area contributed by atoms with Crippen molar-refractivity contribution in [1.29, 1.82) is 0 Å². The first-order chi connectivity index (χ1) is 5.72. The number of allylic oxidation sites excluding steroid dienone is 2. The van der Waals surface area contributed by atoms with Gasteiger partial charge in [0.05, 0.1) is 13.0 Å². The van der Waals surface area contributed by atoms with E-state index in [1.165, 1.54) is 7.11 Å². The zero-order valence-electron chi connectivity index (χ0n) is 8.17. The monoisotopic (exact) mass is 170 g/mol. The Labute approximate surface area is 74.6 Å². The van der Waals surface area contributed by atoms with Crippen LogP contribution in [0.3, 0.4) is 0 Å². The maximum absolute atomic E-state index is 10.9. The van der Waals surface area contributed by atoms with E-state index < -0.39 is 0 Å². The highest BCUT2D eigenvalue weighted by Crippen LogP contribution is 2.05. The van der Waals surface area contributed by atoms with Crippen LogP contribution >= 0.6 is 0 Å². The molecule has 2 heteroatoms. The predicted molar refractivity (Wildman–Crippen MR) is 49.8 cm³/mol. The van der Waals surface area contributed by atoms with E-state index >= 15 is 0 Å². The second-order valence-corrected chi connectivity index (χ2v) is 2.92. The maximum atomic E-state index is 10.9. The molecule has 0 heterocycles. The lowest BCUT2D eigenvalue weighted by Crippen LogP contribution is -2.11. The van der Waals surface area contributed by atoms with Crippen molar-refractivity contribution in [3.05, 3.63) is 12.2 Å². The van der Waals surface area contributed by atoms with E-state index in [2.05, 4.69) is 17.7 Å². The van der Waals surface area contributed by atoms with Crippen LogP contribution in [0.5, 0.6) is 0 Å². The summed E-state index contributed by atoms with van der Waals surface area (Å²) in [6, 6.07) is 0. The number of ether oxygens (including phenoxy) is 1. The number of carbonyl (C=O) groups is 1. The van der Waals surface area contributed by atoms with Crippen LogP contribution in [0.1, 0.15) is 33.1 Å². The summed E-state index contributed by atoms with van der Waals surface area (Å²) in [6.07, 6.45) is 7.19. The van der Waals surface area contributed by atoms with Gasteiger partial charge in [0.15, 0.2) is 0 Å². The Kier molecular flexibility index (Phi) is 6.44. The lowest BCUT2D eigenvalue weighted by Gasteiger charge is -2.04. The largest absolute Gasteiger partial charge is 0.469 e. The van der Waals surface area contributed by atoms with Crippen molar-refractivity contribution in [1.82, 2.24) is 0 Å². The van der Waals surface area contributed by atoms with Gasteiger partial charge in [-0.25, -0.2) is 0 Å². The van der Waals surface area contributed by atoms with Gasteiger partial charge < -0.3 is 4.74 Å². The van der Waals surface area contributed by atoms with Gasteiger partial charge in [-0.2, -0.15) is 0 Å². The highest BCUT2D eigenvalue weighted by Gasteiger charge is 2.09. The molecule has 12 heavy (non-hydrogen) atoms. The maximum Gasteiger partial charge on any atom is 0.308 e. The van der Waals surface area contributed by atoms with Gasteiger partial charge in [-0.1, -0.05) is 32.4 Å². The number of esters is 1. The number of methoxy groups -OCH3 is 1. The van der Waals surface area contributed by atoms with Gasteiger partial charge in [0.25, 0.3) is 0 Å². The van der Waals surface area contributed by atoms with Crippen LogP contribution in [0.4, 0.5) is 0 Å². The van der Waals surface area contributed by atoms with Crippen LogP contribution < -0.4 is 0 Å². The van der Waals surface area contributed by atoms with E-state index in [1.807, 2.05) is 13.0 Å². The Hall–Kier alpha value is -0.790. The topological polar surface area (TPSA) is 26.3 Å². The summed E-state index contributed by atoms with van der Waals surface area (Å²) in [7, 11) is 1.43. The van der Waals surface area contributed by atoms with Crippen molar-refractivity contribution in [2.75, 3.05) is 7.11 Å². The molecule has 0 saturated heterocycles. The fourth-order valence-electron chi connectivity index (χ4n) is 0.882. The first-order valence-electron chi connectivity index (χ1n) is 4.45. The minimum atomic E-state index is -0.129. The van der Waals surface area contributed by atoms with Crippen molar-refractivity contribution in [2.45, 2.75) is 33.1 Å². The smallest absolute Gasteiger partial charge is 0.308 e. The molecule has 0 amide bonds. The molecule has 0 rings (SSSR count). The van der Waals surface area contributed by atoms with Gasteiger partial charge in [-0.3, -0.25) is 4.79 Å². The van der Waals surface area contributed by atoms with Crippen molar-refractivity contribution < 1.29 is 9.53 Å². The molecule has 0 aliphatic carbocycles. The molecule has 0 aliphatic heterocycles. The van der Waals surface area contributed by atoms with Crippen LogP contribution in [0.25, 0.3) is 0 Å². The Morgan fingerprint density at radius 1 is 1.50 bits per heavy atom. The Morgan fingerprint density at radius 3 is 2.67 bits per heavy atom. The average molecular weight is 170 g/mol. The fraction of sp³-hybridized carbons (Fsp3) is 0.700. The van der Waals surface area contributed by atoms with Crippen LogP contribution in [0.2, 0.25) is 0 Å². The third kappa shape index (κ3) is 4.94. The van der Waals surface area contributed by atoms with E-state index in [0.29, 0.717) is 0 Å². The summed E-state index contributed by atoms with van der Waals surface area (Å²) in [5, 5.41) is 0. The summed E-state index contributed by atoms with van der Waals surface area (Å²) in [5.74, 6) is -0.140. The molecule has 2 nitrogen and oxygen atoms in total. The molecule has 0 N–H and O–H groups in total. The van der Waals surface area contributed by atoms with Gasteiger partial charge in [0.1, 0.15) is 0 Å². The Balaban J connectivity index is 3.55. The van der Waals surface area contributed by atoms with Crippen molar-refractivity contribution in [2.24, 2.45) is 5.92 Å². The van der Waals surface area contributed by atoms with E-state index in [9.17, 15) is 4.79 Å². The molecule has 0 aromatic rings. The second-order valence-electron chi connectivity index (χ2n) is 2.92. The molecule has 1 atom stereocenters. The number of rotatable bonds is 5. The van der Waals surface area contributed by atoms with Gasteiger partial charge in [0.2, 0.25) is 0 Å². The summed E-state index contributed by atoms with van der Waals surface area (Å²) in [5.41, 5.74) is 0. The molecule has 0 fully saturated rings.